The third-order valence-corrected chi connectivity index (χ3v) is 5.29. The van der Waals surface area contributed by atoms with E-state index in [1.807, 2.05) is 25.6 Å². The topological polar surface area (TPSA) is 57.8 Å². The van der Waals surface area contributed by atoms with Crippen LogP contribution in [0.2, 0.25) is 0 Å². The lowest BCUT2D eigenvalue weighted by Gasteiger charge is -2.09. The van der Waals surface area contributed by atoms with Gasteiger partial charge in [0.2, 0.25) is 0 Å². The van der Waals surface area contributed by atoms with Gasteiger partial charge in [-0.1, -0.05) is 6.92 Å². The highest BCUT2D eigenvalue weighted by Gasteiger charge is 2.11. The summed E-state index contributed by atoms with van der Waals surface area (Å²) in [6.07, 6.45) is 2.09. The fourth-order valence-electron chi connectivity index (χ4n) is 1.86. The van der Waals surface area contributed by atoms with E-state index in [1.54, 1.807) is 11.3 Å². The summed E-state index contributed by atoms with van der Waals surface area (Å²) >= 11 is 3.41. The van der Waals surface area contributed by atoms with Gasteiger partial charge in [-0.3, -0.25) is 4.79 Å². The van der Waals surface area contributed by atoms with Crippen LogP contribution in [0.5, 0.6) is 0 Å². The molecule has 2 N–H and O–H groups in total. The molecule has 2 aromatic heterocycles. The van der Waals surface area contributed by atoms with Gasteiger partial charge in [-0.15, -0.1) is 11.3 Å². The molecule has 4 nitrogen and oxygen atoms in total. The minimum atomic E-state index is -0.0263. The molecule has 6 heteroatoms. The van der Waals surface area contributed by atoms with Gasteiger partial charge in [-0.2, -0.15) is 11.8 Å². The van der Waals surface area contributed by atoms with E-state index in [2.05, 4.69) is 28.5 Å². The highest BCUT2D eigenvalue weighted by Crippen LogP contribution is 2.25. The molecule has 0 bridgehead atoms. The maximum Gasteiger partial charge on any atom is 0.259 e. The Balaban J connectivity index is 2.20. The van der Waals surface area contributed by atoms with Gasteiger partial charge in [-0.05, 0) is 25.7 Å². The molecule has 0 aliphatic carbocycles. The zero-order valence-corrected chi connectivity index (χ0v) is 13.3. The fourth-order valence-corrected chi connectivity index (χ4v) is 3.19. The van der Waals surface area contributed by atoms with Crippen molar-refractivity contribution in [2.45, 2.75) is 32.6 Å². The summed E-state index contributed by atoms with van der Waals surface area (Å²) in [5.41, 5.74) is 1.02. The SMILES string of the molecule is CSC(C)CNCc1nc2sc(C)c(C)c2c(=O)[nH]1. The molecule has 2 aromatic rings. The van der Waals surface area contributed by atoms with E-state index in [1.165, 1.54) is 0 Å². The Morgan fingerprint density at radius 1 is 1.47 bits per heavy atom. The molecule has 0 saturated heterocycles. The molecule has 2 rings (SSSR count). The summed E-state index contributed by atoms with van der Waals surface area (Å²) < 4.78 is 0. The van der Waals surface area contributed by atoms with Crippen LogP contribution in [0, 0.1) is 13.8 Å². The first-order valence-corrected chi connectivity index (χ1v) is 8.35. The van der Waals surface area contributed by atoms with Crippen molar-refractivity contribution in [2.24, 2.45) is 0 Å². The van der Waals surface area contributed by atoms with Gasteiger partial charge in [0.15, 0.2) is 0 Å². The molecule has 1 atom stereocenters. The highest BCUT2D eigenvalue weighted by molar-refractivity contribution is 7.99. The van der Waals surface area contributed by atoms with Gasteiger partial charge in [0.25, 0.3) is 5.56 Å². The Kier molecular flexibility index (Phi) is 4.65. The maximum absolute atomic E-state index is 12.1. The van der Waals surface area contributed by atoms with Crippen molar-refractivity contribution in [3.05, 3.63) is 26.6 Å². The molecule has 0 aliphatic heterocycles. The molecule has 0 aromatic carbocycles. The Hall–Kier alpha value is -0.850. The smallest absolute Gasteiger partial charge is 0.259 e. The van der Waals surface area contributed by atoms with Crippen molar-refractivity contribution >= 4 is 33.3 Å². The Bertz CT molecular complexity index is 633. The van der Waals surface area contributed by atoms with Crippen molar-refractivity contribution in [3.8, 4) is 0 Å². The third kappa shape index (κ3) is 3.19. The maximum atomic E-state index is 12.1. The van der Waals surface area contributed by atoms with E-state index in [0.717, 1.165) is 27.2 Å². The third-order valence-electron chi connectivity index (χ3n) is 3.21. The Labute approximate surface area is 121 Å². The average molecular weight is 297 g/mol. The average Bonchev–Trinajstić information content (AvgIpc) is 2.65. The van der Waals surface area contributed by atoms with Crippen molar-refractivity contribution < 1.29 is 0 Å². The lowest BCUT2D eigenvalue weighted by Crippen LogP contribution is -2.24. The number of aromatic nitrogens is 2. The number of H-pyrrole nitrogens is 1. The number of hydrogen-bond acceptors (Lipinski definition) is 5. The molecule has 2 heterocycles. The molecule has 0 amide bonds. The van der Waals surface area contributed by atoms with E-state index in [9.17, 15) is 4.79 Å². The van der Waals surface area contributed by atoms with Gasteiger partial charge in [0.1, 0.15) is 10.7 Å². The minimum Gasteiger partial charge on any atom is -0.309 e. The first-order valence-electron chi connectivity index (χ1n) is 6.25. The van der Waals surface area contributed by atoms with Crippen LogP contribution in [0.1, 0.15) is 23.2 Å². The molecular formula is C13H19N3OS2. The first-order chi connectivity index (χ1) is 9.02. The molecule has 0 radical (unpaired) electrons. The Morgan fingerprint density at radius 2 is 2.21 bits per heavy atom. The summed E-state index contributed by atoms with van der Waals surface area (Å²) in [5.74, 6) is 0.715. The molecular weight excluding hydrogens is 278 g/mol. The van der Waals surface area contributed by atoms with Crippen LogP contribution in [-0.4, -0.2) is 28.0 Å². The number of thioether (sulfide) groups is 1. The largest absolute Gasteiger partial charge is 0.309 e. The van der Waals surface area contributed by atoms with Crippen molar-refractivity contribution in [1.29, 1.82) is 0 Å². The summed E-state index contributed by atoms with van der Waals surface area (Å²) in [6, 6.07) is 0. The molecule has 19 heavy (non-hydrogen) atoms. The van der Waals surface area contributed by atoms with Crippen LogP contribution in [0.25, 0.3) is 10.2 Å². The zero-order chi connectivity index (χ0) is 14.0. The predicted molar refractivity (Wildman–Crippen MR) is 84.4 cm³/mol. The van der Waals surface area contributed by atoms with Crippen LogP contribution >= 0.6 is 23.1 Å². The number of aryl methyl sites for hydroxylation is 2. The van der Waals surface area contributed by atoms with Gasteiger partial charge in [0.05, 0.1) is 11.9 Å². The van der Waals surface area contributed by atoms with Crippen molar-refractivity contribution in [2.75, 3.05) is 12.8 Å². The van der Waals surface area contributed by atoms with E-state index in [4.69, 9.17) is 0 Å². The van der Waals surface area contributed by atoms with E-state index < -0.39 is 0 Å². The highest BCUT2D eigenvalue weighted by atomic mass is 32.2. The number of aromatic amines is 1. The molecule has 104 valence electrons. The zero-order valence-electron chi connectivity index (χ0n) is 11.7. The van der Waals surface area contributed by atoms with Crippen LogP contribution < -0.4 is 10.9 Å². The van der Waals surface area contributed by atoms with Crippen molar-refractivity contribution in [1.82, 2.24) is 15.3 Å². The quantitative estimate of drug-likeness (QED) is 0.890. The predicted octanol–water partition coefficient (Wildman–Crippen LogP) is 2.44. The number of hydrogen-bond donors (Lipinski definition) is 2. The second-order valence-electron chi connectivity index (χ2n) is 4.65. The van der Waals surface area contributed by atoms with Crippen LogP contribution in [-0.2, 0) is 6.54 Å². The van der Waals surface area contributed by atoms with Crippen LogP contribution in [0.4, 0.5) is 0 Å². The number of thiophene rings is 1. The summed E-state index contributed by atoms with van der Waals surface area (Å²) in [6.45, 7) is 7.68. The first kappa shape index (κ1) is 14.6. The number of nitrogens with zero attached hydrogens (tertiary/aromatic N) is 1. The second-order valence-corrected chi connectivity index (χ2v) is 7.13. The number of rotatable bonds is 5. The fraction of sp³-hybridized carbons (Fsp3) is 0.538. The minimum absolute atomic E-state index is 0.0263. The lowest BCUT2D eigenvalue weighted by atomic mass is 10.2. The van der Waals surface area contributed by atoms with Crippen LogP contribution in [0.15, 0.2) is 4.79 Å². The summed E-state index contributed by atoms with van der Waals surface area (Å²) in [7, 11) is 0. The van der Waals surface area contributed by atoms with Gasteiger partial charge < -0.3 is 10.3 Å². The van der Waals surface area contributed by atoms with E-state index >= 15 is 0 Å². The molecule has 0 aliphatic rings. The normalized spacial score (nSPS) is 13.1. The lowest BCUT2D eigenvalue weighted by molar-refractivity contribution is 0.658. The van der Waals surface area contributed by atoms with Gasteiger partial charge >= 0.3 is 0 Å². The second kappa shape index (κ2) is 6.07. The standard InChI is InChI=1S/C13H19N3OS2/c1-7(18-4)5-14-6-10-15-12(17)11-8(2)9(3)19-13(11)16-10/h7,14H,5-6H2,1-4H3,(H,15,16,17). The number of nitrogens with one attached hydrogen (secondary N) is 2. The number of fused-ring (bicyclic) bond motifs is 1. The molecule has 0 spiro atoms. The molecule has 1 unspecified atom stereocenters. The van der Waals surface area contributed by atoms with Gasteiger partial charge in [-0.25, -0.2) is 4.98 Å². The van der Waals surface area contributed by atoms with Crippen LogP contribution in [0.3, 0.4) is 0 Å². The van der Waals surface area contributed by atoms with Gasteiger partial charge in [0, 0.05) is 16.7 Å². The van der Waals surface area contributed by atoms with E-state index in [-0.39, 0.29) is 5.56 Å². The summed E-state index contributed by atoms with van der Waals surface area (Å²) in [5, 5.41) is 4.61. The van der Waals surface area contributed by atoms with Crippen molar-refractivity contribution in [3.63, 3.8) is 0 Å². The monoisotopic (exact) mass is 297 g/mol. The van der Waals surface area contributed by atoms with E-state index in [0.29, 0.717) is 17.6 Å². The summed E-state index contributed by atoms with van der Waals surface area (Å²) in [4.78, 5) is 21.5. The Morgan fingerprint density at radius 3 is 2.89 bits per heavy atom. The molecule has 0 saturated carbocycles. The molecule has 0 fully saturated rings.